The van der Waals surface area contributed by atoms with Crippen LogP contribution < -0.4 is 4.90 Å². The van der Waals surface area contributed by atoms with E-state index < -0.39 is 6.43 Å². The second-order valence-corrected chi connectivity index (χ2v) is 7.06. The van der Waals surface area contributed by atoms with Gasteiger partial charge in [0.05, 0.1) is 0 Å². The molecule has 1 aromatic heterocycles. The molecular weight excluding hydrogens is 328 g/mol. The molecule has 0 aliphatic carbocycles. The predicted molar refractivity (Wildman–Crippen MR) is 94.1 cm³/mol. The number of aromatic nitrogens is 2. The Labute approximate surface area is 145 Å². The minimum Gasteiger partial charge on any atom is -0.353 e. The number of aryl methyl sites for hydroxylation is 1. The van der Waals surface area contributed by atoms with Crippen LogP contribution >= 0.6 is 11.8 Å². The van der Waals surface area contributed by atoms with Crippen molar-refractivity contribution in [1.82, 2.24) is 9.97 Å². The van der Waals surface area contributed by atoms with Crippen LogP contribution in [-0.4, -0.2) is 28.8 Å². The van der Waals surface area contributed by atoms with Gasteiger partial charge in [0.15, 0.2) is 5.16 Å². The van der Waals surface area contributed by atoms with Crippen LogP contribution in [0.4, 0.5) is 14.6 Å². The first kappa shape index (κ1) is 17.1. The third-order valence-corrected chi connectivity index (χ3v) is 5.08. The summed E-state index contributed by atoms with van der Waals surface area (Å²) in [6.45, 7) is 4.99. The van der Waals surface area contributed by atoms with Crippen molar-refractivity contribution < 1.29 is 8.78 Å². The minimum atomic E-state index is -2.58. The molecule has 2 atom stereocenters. The monoisotopic (exact) mass is 349 g/mol. The average Bonchev–Trinajstić information content (AvgIpc) is 2.96. The molecule has 1 fully saturated rings. The highest BCUT2D eigenvalue weighted by atomic mass is 32.2. The zero-order valence-electron chi connectivity index (χ0n) is 14.0. The SMILES string of the molecule is CSc1nc(C(F)F)cc(N2CC(c3ccc(C)cc3)CC2C)n1. The van der Waals surface area contributed by atoms with Gasteiger partial charge in [-0.2, -0.15) is 0 Å². The molecule has 1 aliphatic rings. The van der Waals surface area contributed by atoms with Gasteiger partial charge >= 0.3 is 0 Å². The summed E-state index contributed by atoms with van der Waals surface area (Å²) in [6, 6.07) is 10.2. The van der Waals surface area contributed by atoms with Crippen molar-refractivity contribution in [3.63, 3.8) is 0 Å². The molecule has 1 saturated heterocycles. The Kier molecular flexibility index (Phi) is 5.04. The van der Waals surface area contributed by atoms with Crippen molar-refractivity contribution in [2.75, 3.05) is 17.7 Å². The van der Waals surface area contributed by atoms with E-state index in [0.717, 1.165) is 13.0 Å². The van der Waals surface area contributed by atoms with Crippen LogP contribution in [0.3, 0.4) is 0 Å². The summed E-state index contributed by atoms with van der Waals surface area (Å²) >= 11 is 1.29. The third-order valence-electron chi connectivity index (χ3n) is 4.54. The molecule has 0 N–H and O–H groups in total. The molecule has 128 valence electrons. The fourth-order valence-corrected chi connectivity index (χ4v) is 3.59. The van der Waals surface area contributed by atoms with Crippen LogP contribution in [0.5, 0.6) is 0 Å². The highest BCUT2D eigenvalue weighted by Crippen LogP contribution is 2.35. The Morgan fingerprint density at radius 3 is 2.54 bits per heavy atom. The van der Waals surface area contributed by atoms with Crippen molar-refractivity contribution in [1.29, 1.82) is 0 Å². The molecule has 2 aromatic rings. The quantitative estimate of drug-likeness (QED) is 0.584. The molecule has 2 unspecified atom stereocenters. The van der Waals surface area contributed by atoms with Crippen LogP contribution in [0.15, 0.2) is 35.5 Å². The topological polar surface area (TPSA) is 29.0 Å². The van der Waals surface area contributed by atoms with E-state index in [4.69, 9.17) is 0 Å². The number of hydrogen-bond donors (Lipinski definition) is 0. The lowest BCUT2D eigenvalue weighted by atomic mass is 9.96. The maximum Gasteiger partial charge on any atom is 0.280 e. The van der Waals surface area contributed by atoms with Gasteiger partial charge in [0.1, 0.15) is 11.5 Å². The molecule has 0 spiro atoms. The average molecular weight is 349 g/mol. The Morgan fingerprint density at radius 2 is 1.92 bits per heavy atom. The van der Waals surface area contributed by atoms with Crippen molar-refractivity contribution in [2.24, 2.45) is 0 Å². The number of nitrogens with zero attached hydrogens (tertiary/aromatic N) is 3. The molecule has 0 radical (unpaired) electrons. The van der Waals surface area contributed by atoms with Gasteiger partial charge in [-0.3, -0.25) is 0 Å². The summed E-state index contributed by atoms with van der Waals surface area (Å²) in [5.41, 5.74) is 2.34. The second kappa shape index (κ2) is 7.05. The van der Waals surface area contributed by atoms with Gasteiger partial charge in [-0.25, -0.2) is 18.7 Å². The molecule has 24 heavy (non-hydrogen) atoms. The van der Waals surface area contributed by atoms with E-state index >= 15 is 0 Å². The van der Waals surface area contributed by atoms with E-state index in [1.54, 1.807) is 6.26 Å². The Hall–Kier alpha value is -1.69. The standard InChI is InChI=1S/C18H21F2N3S/c1-11-4-6-13(7-5-11)14-8-12(2)23(10-14)16-9-15(17(19)20)21-18(22-16)24-3/h4-7,9,12,14,17H,8,10H2,1-3H3. The molecule has 3 rings (SSSR count). The minimum absolute atomic E-state index is 0.199. The maximum absolute atomic E-state index is 13.1. The van der Waals surface area contributed by atoms with Crippen LogP contribution in [-0.2, 0) is 0 Å². The summed E-state index contributed by atoms with van der Waals surface area (Å²) in [7, 11) is 0. The molecule has 2 heterocycles. The van der Waals surface area contributed by atoms with Crippen LogP contribution in [0, 0.1) is 6.92 Å². The largest absolute Gasteiger partial charge is 0.353 e. The molecular formula is C18H21F2N3S. The summed E-state index contributed by atoms with van der Waals surface area (Å²) < 4.78 is 26.2. The number of anilines is 1. The van der Waals surface area contributed by atoms with E-state index in [0.29, 0.717) is 16.9 Å². The normalized spacial score (nSPS) is 20.8. The van der Waals surface area contributed by atoms with Gasteiger partial charge in [-0.15, -0.1) is 0 Å². The summed E-state index contributed by atoms with van der Waals surface area (Å²) in [4.78, 5) is 10.5. The lowest BCUT2D eigenvalue weighted by Crippen LogP contribution is -2.28. The number of benzene rings is 1. The number of rotatable bonds is 4. The number of alkyl halides is 2. The molecule has 3 nitrogen and oxygen atoms in total. The summed E-state index contributed by atoms with van der Waals surface area (Å²) in [5.74, 6) is 0.995. The van der Waals surface area contributed by atoms with E-state index in [2.05, 4.69) is 53.0 Å². The first-order valence-electron chi connectivity index (χ1n) is 8.02. The van der Waals surface area contributed by atoms with E-state index in [-0.39, 0.29) is 11.7 Å². The lowest BCUT2D eigenvalue weighted by Gasteiger charge is -2.23. The Balaban J connectivity index is 1.87. The maximum atomic E-state index is 13.1. The van der Waals surface area contributed by atoms with Gasteiger partial charge in [-0.05, 0) is 32.1 Å². The highest BCUT2D eigenvalue weighted by molar-refractivity contribution is 7.98. The van der Waals surface area contributed by atoms with Crippen LogP contribution in [0.1, 0.15) is 42.5 Å². The van der Waals surface area contributed by atoms with E-state index in [1.807, 2.05) is 0 Å². The lowest BCUT2D eigenvalue weighted by molar-refractivity contribution is 0.145. The molecule has 0 saturated carbocycles. The summed E-state index contributed by atoms with van der Waals surface area (Å²) in [5, 5.41) is 0.397. The molecule has 1 aromatic carbocycles. The Morgan fingerprint density at radius 1 is 1.21 bits per heavy atom. The highest BCUT2D eigenvalue weighted by Gasteiger charge is 2.31. The number of halogens is 2. The van der Waals surface area contributed by atoms with Crippen LogP contribution in [0.25, 0.3) is 0 Å². The molecule has 1 aliphatic heterocycles. The van der Waals surface area contributed by atoms with Crippen molar-refractivity contribution in [3.8, 4) is 0 Å². The zero-order valence-corrected chi connectivity index (χ0v) is 14.9. The first-order chi connectivity index (χ1) is 11.5. The molecule has 6 heteroatoms. The third kappa shape index (κ3) is 3.53. The van der Waals surface area contributed by atoms with E-state index in [1.165, 1.54) is 29.0 Å². The van der Waals surface area contributed by atoms with Crippen LogP contribution in [0.2, 0.25) is 0 Å². The molecule has 0 bridgehead atoms. The smallest absolute Gasteiger partial charge is 0.280 e. The zero-order chi connectivity index (χ0) is 17.3. The van der Waals surface area contributed by atoms with Gasteiger partial charge in [-0.1, -0.05) is 41.6 Å². The first-order valence-corrected chi connectivity index (χ1v) is 9.24. The fourth-order valence-electron chi connectivity index (χ4n) is 3.21. The van der Waals surface area contributed by atoms with Gasteiger partial charge in [0.2, 0.25) is 0 Å². The second-order valence-electron chi connectivity index (χ2n) is 6.28. The van der Waals surface area contributed by atoms with Crippen molar-refractivity contribution >= 4 is 17.6 Å². The summed E-state index contributed by atoms with van der Waals surface area (Å²) in [6.07, 6.45) is 0.214. The van der Waals surface area contributed by atoms with Gasteiger partial charge < -0.3 is 4.90 Å². The van der Waals surface area contributed by atoms with Crippen molar-refractivity contribution in [3.05, 3.63) is 47.2 Å². The van der Waals surface area contributed by atoms with Gasteiger partial charge in [0, 0.05) is 24.6 Å². The molecule has 0 amide bonds. The number of hydrogen-bond acceptors (Lipinski definition) is 4. The number of thioether (sulfide) groups is 1. The fraction of sp³-hybridized carbons (Fsp3) is 0.444. The van der Waals surface area contributed by atoms with Crippen molar-refractivity contribution in [2.45, 2.75) is 43.8 Å². The van der Waals surface area contributed by atoms with Gasteiger partial charge in [0.25, 0.3) is 6.43 Å². The predicted octanol–water partition coefficient (Wildman–Crippen LogP) is 4.83. The Bertz CT molecular complexity index is 706. The van der Waals surface area contributed by atoms with E-state index in [9.17, 15) is 8.78 Å².